The molecule has 0 heterocycles. The van der Waals surface area contributed by atoms with Gasteiger partial charge in [0.1, 0.15) is 5.78 Å². The molecule has 0 aromatic carbocycles. The molecule has 0 atom stereocenters. The van der Waals surface area contributed by atoms with Crippen molar-refractivity contribution in [2.24, 2.45) is 5.41 Å². The summed E-state index contributed by atoms with van der Waals surface area (Å²) in [7, 11) is 0. The minimum atomic E-state index is -1.27. The van der Waals surface area contributed by atoms with Gasteiger partial charge in [0.25, 0.3) is 0 Å². The van der Waals surface area contributed by atoms with Crippen molar-refractivity contribution in [1.82, 2.24) is 0 Å². The Balaban J connectivity index is -0.000000366. The van der Waals surface area contributed by atoms with E-state index in [1.54, 1.807) is 0 Å². The molecule has 0 rings (SSSR count). The number of carbonyl (C=O) groups excluding carboxylic acids is 2. The molecule has 0 saturated heterocycles. The Hall–Kier alpha value is -0.0169. The van der Waals surface area contributed by atoms with Crippen LogP contribution in [0.4, 0.5) is 0 Å². The Morgan fingerprint density at radius 3 is 1.63 bits per heavy atom. The number of rotatable bonds is 8. The molecule has 0 unspecified atom stereocenters. The van der Waals surface area contributed by atoms with E-state index in [0.29, 0.717) is 25.9 Å². The Bertz CT molecular complexity index is 227. The summed E-state index contributed by atoms with van der Waals surface area (Å²) in [5.74, 6) is -1.47. The molecule has 0 aliphatic rings. The molecule has 19 heavy (non-hydrogen) atoms. The molecule has 4 nitrogen and oxygen atoms in total. The van der Waals surface area contributed by atoms with Crippen LogP contribution in [-0.2, 0) is 35.8 Å². The van der Waals surface area contributed by atoms with Gasteiger partial charge in [0.05, 0.1) is 0 Å². The fraction of sp³-hybridized carbons (Fsp3) is 0.857. The second kappa shape index (κ2) is 14.4. The molecule has 0 aliphatic carbocycles. The summed E-state index contributed by atoms with van der Waals surface area (Å²) in [6.45, 7) is 8.15. The number of ketones is 1. The number of carboxylic acid groups (broad SMARTS) is 1. The van der Waals surface area contributed by atoms with Gasteiger partial charge in [0.2, 0.25) is 0 Å². The van der Waals surface area contributed by atoms with Gasteiger partial charge in [0.15, 0.2) is 0 Å². The van der Waals surface area contributed by atoms with E-state index in [-0.39, 0.29) is 32.0 Å². The minimum Gasteiger partial charge on any atom is -0.550 e. The van der Waals surface area contributed by atoms with E-state index in [1.807, 2.05) is 20.8 Å². The first kappa shape index (κ1) is 24.0. The maximum atomic E-state index is 11.5. The molecule has 0 bridgehead atoms. The first-order valence-corrected chi connectivity index (χ1v) is 6.77. The summed E-state index contributed by atoms with van der Waals surface area (Å²) in [6, 6.07) is 0. The van der Waals surface area contributed by atoms with Crippen molar-refractivity contribution >= 4 is 11.8 Å². The molecule has 0 saturated carbocycles. The zero-order valence-corrected chi connectivity index (χ0v) is 15.1. The first-order valence-electron chi connectivity index (χ1n) is 6.77. The maximum absolute atomic E-state index is 11.5. The molecule has 0 amide bonds. The topological polar surface area (TPSA) is 77.4 Å². The van der Waals surface area contributed by atoms with E-state index in [0.717, 1.165) is 12.8 Å². The summed E-state index contributed by atoms with van der Waals surface area (Å²) < 4.78 is 0. The predicted octanol–water partition coefficient (Wildman–Crippen LogP) is 1.69. The number of aliphatic hydroxyl groups excluding tert-OH is 1. The van der Waals surface area contributed by atoms with Gasteiger partial charge in [-0.2, -0.15) is 0 Å². The molecule has 0 radical (unpaired) electrons. The molecule has 1 N–H and O–H groups in total. The van der Waals surface area contributed by atoms with Crippen LogP contribution in [-0.4, -0.2) is 23.5 Å². The molecule has 0 aliphatic heterocycles. The zero-order chi connectivity index (χ0) is 14.6. The van der Waals surface area contributed by atoms with E-state index in [1.165, 1.54) is 0 Å². The number of carboxylic acids is 1. The van der Waals surface area contributed by atoms with Gasteiger partial charge in [-0.05, 0) is 25.7 Å². The van der Waals surface area contributed by atoms with E-state index in [4.69, 9.17) is 5.11 Å². The van der Waals surface area contributed by atoms with Crippen molar-refractivity contribution < 1.29 is 46.0 Å². The van der Waals surface area contributed by atoms with Crippen molar-refractivity contribution in [2.75, 3.05) is 6.61 Å². The second-order valence-electron chi connectivity index (χ2n) is 4.39. The Morgan fingerprint density at radius 1 is 1.05 bits per heavy atom. The van der Waals surface area contributed by atoms with Crippen LogP contribution in [0.1, 0.15) is 66.2 Å². The monoisotopic (exact) mass is 349 g/mol. The number of unbranched alkanes of at least 4 members (excludes halogenated alkanes) is 1. The fourth-order valence-corrected chi connectivity index (χ4v) is 1.82. The molecular formula is C14H27O4Zr-. The second-order valence-corrected chi connectivity index (χ2v) is 4.39. The van der Waals surface area contributed by atoms with E-state index in [9.17, 15) is 14.7 Å². The maximum Gasteiger partial charge on any atom is 0.144 e. The van der Waals surface area contributed by atoms with Gasteiger partial charge in [-0.15, -0.1) is 0 Å². The predicted molar refractivity (Wildman–Crippen MR) is 69.9 cm³/mol. The minimum absolute atomic E-state index is 0. The van der Waals surface area contributed by atoms with Gasteiger partial charge in [-0.3, -0.25) is 4.79 Å². The molecular weight excluding hydrogens is 323 g/mol. The van der Waals surface area contributed by atoms with E-state index in [2.05, 4.69) is 6.92 Å². The third-order valence-corrected chi connectivity index (χ3v) is 3.44. The molecule has 112 valence electrons. The van der Waals surface area contributed by atoms with Crippen LogP contribution >= 0.6 is 0 Å². The molecule has 0 fully saturated rings. The van der Waals surface area contributed by atoms with Crippen molar-refractivity contribution in [2.45, 2.75) is 66.2 Å². The average Bonchev–Trinajstić information content (AvgIpc) is 2.33. The van der Waals surface area contributed by atoms with Crippen LogP contribution in [0.15, 0.2) is 0 Å². The van der Waals surface area contributed by atoms with Crippen LogP contribution in [0.25, 0.3) is 0 Å². The summed E-state index contributed by atoms with van der Waals surface area (Å²) in [5.41, 5.74) is -0.444. The number of carbonyl (C=O) groups is 2. The standard InChI is InChI=1S/C10H18O3.C4H10O.Zr/c1-4-10(5-2,6-3)8(11)7-9(12)13;1-2-3-4-5;/h4-7H2,1-3H3,(H,12,13);5H,2-4H2,1H3;/p-1. The summed E-state index contributed by atoms with van der Waals surface area (Å²) in [4.78, 5) is 21.8. The smallest absolute Gasteiger partial charge is 0.144 e. The zero-order valence-electron chi connectivity index (χ0n) is 12.6. The summed E-state index contributed by atoms with van der Waals surface area (Å²) >= 11 is 0. The fourth-order valence-electron chi connectivity index (χ4n) is 1.82. The largest absolute Gasteiger partial charge is 0.550 e. The van der Waals surface area contributed by atoms with Crippen LogP contribution in [0.2, 0.25) is 0 Å². The SMILES string of the molecule is CCC(CC)(CC)C(=O)CC(=O)[O-].CCCCO.[Zr]. The average molecular weight is 351 g/mol. The number of aliphatic hydroxyl groups is 1. The quantitative estimate of drug-likeness (QED) is 0.676. The van der Waals surface area contributed by atoms with Crippen molar-refractivity contribution in [3.05, 3.63) is 0 Å². The van der Waals surface area contributed by atoms with Crippen molar-refractivity contribution in [3.63, 3.8) is 0 Å². The van der Waals surface area contributed by atoms with Crippen molar-refractivity contribution in [3.8, 4) is 0 Å². The van der Waals surface area contributed by atoms with Gasteiger partial charge in [-0.25, -0.2) is 0 Å². The Morgan fingerprint density at radius 2 is 1.47 bits per heavy atom. The number of Topliss-reactive ketones (excluding diaryl/α,β-unsaturated/α-hetero) is 1. The Labute approximate surface area is 136 Å². The van der Waals surface area contributed by atoms with Crippen LogP contribution in [0, 0.1) is 5.41 Å². The van der Waals surface area contributed by atoms with Gasteiger partial charge < -0.3 is 15.0 Å². The van der Waals surface area contributed by atoms with E-state index < -0.39 is 17.8 Å². The third kappa shape index (κ3) is 10.4. The number of hydrogen-bond donors (Lipinski definition) is 1. The number of aliphatic carboxylic acids is 1. The normalized spacial score (nSPS) is 9.95. The molecule has 0 aromatic rings. The van der Waals surface area contributed by atoms with Crippen molar-refractivity contribution in [1.29, 1.82) is 0 Å². The van der Waals surface area contributed by atoms with Gasteiger partial charge in [0, 0.05) is 50.6 Å². The molecule has 0 aromatic heterocycles. The Kier molecular flexibility index (Phi) is 18.2. The molecule has 0 spiro atoms. The molecule has 5 heteroatoms. The summed E-state index contributed by atoms with van der Waals surface area (Å²) in [6.07, 6.45) is 3.69. The third-order valence-electron chi connectivity index (χ3n) is 3.44. The summed E-state index contributed by atoms with van der Waals surface area (Å²) in [5, 5.41) is 18.3. The van der Waals surface area contributed by atoms with Crippen LogP contribution in [0.5, 0.6) is 0 Å². The van der Waals surface area contributed by atoms with E-state index >= 15 is 0 Å². The van der Waals surface area contributed by atoms with Gasteiger partial charge >= 0.3 is 0 Å². The number of hydrogen-bond acceptors (Lipinski definition) is 4. The van der Waals surface area contributed by atoms with Crippen LogP contribution < -0.4 is 5.11 Å². The first-order chi connectivity index (χ1) is 8.43. The van der Waals surface area contributed by atoms with Gasteiger partial charge in [-0.1, -0.05) is 34.1 Å². The van der Waals surface area contributed by atoms with Crippen LogP contribution in [0.3, 0.4) is 0 Å².